The Morgan fingerprint density at radius 2 is 1.86 bits per heavy atom. The highest BCUT2D eigenvalue weighted by atomic mass is 35.5. The molecule has 188 valence electrons. The first-order chi connectivity index (χ1) is 17.4. The van der Waals surface area contributed by atoms with E-state index in [9.17, 15) is 13.2 Å². The Balaban J connectivity index is 1.50. The molecule has 0 bridgehead atoms. The van der Waals surface area contributed by atoms with E-state index < -0.39 is 11.7 Å². The largest absolute Gasteiger partial charge is 0.416 e. The lowest BCUT2D eigenvalue weighted by Crippen LogP contribution is -2.28. The maximum absolute atomic E-state index is 13.4. The molecule has 5 rings (SSSR count). The Morgan fingerprint density at radius 3 is 2.64 bits per heavy atom. The van der Waals surface area contributed by atoms with Crippen molar-refractivity contribution in [2.75, 3.05) is 18.4 Å². The van der Waals surface area contributed by atoms with Gasteiger partial charge in [0.1, 0.15) is 11.3 Å². The zero-order valence-electron chi connectivity index (χ0n) is 19.5. The van der Waals surface area contributed by atoms with Crippen LogP contribution in [0.1, 0.15) is 30.4 Å². The second-order valence-electron chi connectivity index (χ2n) is 9.00. The molecular weight excluding hydrogens is 489 g/mol. The highest BCUT2D eigenvalue weighted by Gasteiger charge is 2.31. The number of benzene rings is 2. The van der Waals surface area contributed by atoms with Gasteiger partial charge in [0.25, 0.3) is 0 Å². The second kappa shape index (κ2) is 10.4. The van der Waals surface area contributed by atoms with Gasteiger partial charge in [-0.15, -0.1) is 0 Å². The van der Waals surface area contributed by atoms with Crippen LogP contribution in [0.5, 0.6) is 0 Å². The van der Waals surface area contributed by atoms with Crippen molar-refractivity contribution < 1.29 is 13.2 Å². The van der Waals surface area contributed by atoms with E-state index in [0.717, 1.165) is 50.0 Å². The first-order valence-electron chi connectivity index (χ1n) is 12.0. The van der Waals surface area contributed by atoms with E-state index >= 15 is 0 Å². The summed E-state index contributed by atoms with van der Waals surface area (Å²) in [5, 5.41) is 7.21. The lowest BCUT2D eigenvalue weighted by Gasteiger charge is -2.23. The summed E-state index contributed by atoms with van der Waals surface area (Å²) in [4.78, 5) is 13.7. The van der Waals surface area contributed by atoms with Gasteiger partial charge in [0.2, 0.25) is 5.95 Å². The summed E-state index contributed by atoms with van der Waals surface area (Å²) >= 11 is 6.26. The Kier molecular flexibility index (Phi) is 7.11. The number of nitrogens with one attached hydrogen (secondary N) is 2. The van der Waals surface area contributed by atoms with Crippen LogP contribution in [0.15, 0.2) is 54.7 Å². The summed E-state index contributed by atoms with van der Waals surface area (Å²) in [6.07, 6.45) is 0.217. The number of hydrogen-bond donors (Lipinski definition) is 2. The van der Waals surface area contributed by atoms with Crippen LogP contribution in [0, 0.1) is 5.92 Å². The van der Waals surface area contributed by atoms with Gasteiger partial charge in [-0.25, -0.2) is 9.97 Å². The molecule has 3 heterocycles. The molecule has 1 fully saturated rings. The van der Waals surface area contributed by atoms with E-state index in [1.807, 2.05) is 28.8 Å². The smallest absolute Gasteiger partial charge is 0.350 e. The molecule has 0 unspecified atom stereocenters. The summed E-state index contributed by atoms with van der Waals surface area (Å²) in [5.74, 6) is 1.40. The van der Waals surface area contributed by atoms with Crippen molar-refractivity contribution in [2.24, 2.45) is 5.92 Å². The fourth-order valence-corrected chi connectivity index (χ4v) is 4.77. The van der Waals surface area contributed by atoms with Crippen molar-refractivity contribution >= 4 is 28.7 Å². The molecule has 0 aliphatic carbocycles. The molecule has 1 aliphatic heterocycles. The summed E-state index contributed by atoms with van der Waals surface area (Å²) in [6, 6.07) is 12.8. The predicted molar refractivity (Wildman–Crippen MR) is 135 cm³/mol. The van der Waals surface area contributed by atoms with Crippen LogP contribution < -0.4 is 10.6 Å². The quantitative estimate of drug-likeness (QED) is 0.309. The Hall–Kier alpha value is -3.17. The van der Waals surface area contributed by atoms with Crippen LogP contribution in [0.3, 0.4) is 0 Å². The SMILES string of the molecule is FC(F)(F)c1cccc(-c2nc3cnc(NCc4ccccc4Cl)nc3n2CCC2CCNCC2)c1. The summed E-state index contributed by atoms with van der Waals surface area (Å²) < 4.78 is 42.2. The third-order valence-corrected chi connectivity index (χ3v) is 6.92. The first-order valence-corrected chi connectivity index (χ1v) is 12.3. The van der Waals surface area contributed by atoms with Gasteiger partial charge in [-0.2, -0.15) is 18.2 Å². The highest BCUT2D eigenvalue weighted by molar-refractivity contribution is 6.31. The minimum absolute atomic E-state index is 0.402. The number of halogens is 4. The number of aromatic nitrogens is 4. The molecule has 10 heteroatoms. The average molecular weight is 515 g/mol. The van der Waals surface area contributed by atoms with Gasteiger partial charge in [0, 0.05) is 23.7 Å². The number of fused-ring (bicyclic) bond motifs is 1. The van der Waals surface area contributed by atoms with E-state index in [1.54, 1.807) is 12.3 Å². The topological polar surface area (TPSA) is 67.7 Å². The monoisotopic (exact) mass is 514 g/mol. The van der Waals surface area contributed by atoms with Crippen molar-refractivity contribution in [3.63, 3.8) is 0 Å². The number of anilines is 1. The van der Waals surface area contributed by atoms with Crippen molar-refractivity contribution in [3.8, 4) is 11.4 Å². The van der Waals surface area contributed by atoms with Crippen LogP contribution >= 0.6 is 11.6 Å². The van der Waals surface area contributed by atoms with Crippen LogP contribution in [-0.4, -0.2) is 32.6 Å². The fraction of sp³-hybridized carbons (Fsp3) is 0.346. The molecular formula is C26H26ClF3N6. The van der Waals surface area contributed by atoms with E-state index in [0.29, 0.717) is 52.5 Å². The standard InChI is InChI=1S/C26H26ClF3N6/c27-21-7-2-1-4-19(21)15-32-25-33-16-22-24(35-25)36(13-10-17-8-11-31-12-9-17)23(34-22)18-5-3-6-20(14-18)26(28,29)30/h1-7,14,16-17,31H,8-13,15H2,(H,32,33,35). The maximum atomic E-state index is 13.4. The van der Waals surface area contributed by atoms with Crippen LogP contribution in [0.25, 0.3) is 22.6 Å². The molecule has 0 radical (unpaired) electrons. The number of imidazole rings is 1. The lowest BCUT2D eigenvalue weighted by atomic mass is 9.94. The van der Waals surface area contributed by atoms with Gasteiger partial charge >= 0.3 is 6.18 Å². The summed E-state index contributed by atoms with van der Waals surface area (Å²) in [7, 11) is 0. The Bertz CT molecular complexity index is 1350. The second-order valence-corrected chi connectivity index (χ2v) is 9.40. The Morgan fingerprint density at radius 1 is 1.06 bits per heavy atom. The van der Waals surface area contributed by atoms with Gasteiger partial charge in [-0.1, -0.05) is 41.9 Å². The third kappa shape index (κ3) is 5.47. The van der Waals surface area contributed by atoms with E-state index in [1.165, 1.54) is 6.07 Å². The van der Waals surface area contributed by atoms with Crippen LogP contribution in [0.2, 0.25) is 5.02 Å². The molecule has 6 nitrogen and oxygen atoms in total. The first kappa shape index (κ1) is 24.5. The number of alkyl halides is 3. The number of hydrogen-bond acceptors (Lipinski definition) is 5. The molecule has 1 aliphatic rings. The minimum atomic E-state index is -4.43. The molecule has 2 aromatic heterocycles. The highest BCUT2D eigenvalue weighted by Crippen LogP contribution is 2.33. The zero-order valence-corrected chi connectivity index (χ0v) is 20.3. The number of rotatable bonds is 7. The molecule has 1 saturated heterocycles. The number of nitrogens with zero attached hydrogens (tertiary/aromatic N) is 4. The molecule has 2 N–H and O–H groups in total. The molecule has 0 amide bonds. The average Bonchev–Trinajstić information content (AvgIpc) is 3.25. The van der Waals surface area contributed by atoms with Crippen LogP contribution in [-0.2, 0) is 19.3 Å². The van der Waals surface area contributed by atoms with Gasteiger partial charge in [0.15, 0.2) is 5.65 Å². The molecule has 0 atom stereocenters. The molecule has 4 aromatic rings. The Labute approximate surface area is 211 Å². The summed E-state index contributed by atoms with van der Waals surface area (Å²) in [5.41, 5.74) is 1.74. The van der Waals surface area contributed by atoms with E-state index in [2.05, 4.69) is 20.6 Å². The van der Waals surface area contributed by atoms with E-state index in [4.69, 9.17) is 16.6 Å². The predicted octanol–water partition coefficient (Wildman–Crippen LogP) is 6.17. The summed E-state index contributed by atoms with van der Waals surface area (Å²) in [6.45, 7) is 3.00. The fourth-order valence-electron chi connectivity index (χ4n) is 4.57. The van der Waals surface area contributed by atoms with Gasteiger partial charge in [-0.05, 0) is 62.0 Å². The normalized spacial score (nSPS) is 14.9. The van der Waals surface area contributed by atoms with Crippen molar-refractivity contribution in [1.82, 2.24) is 24.8 Å². The molecule has 0 saturated carbocycles. The number of aryl methyl sites for hydroxylation is 1. The van der Waals surface area contributed by atoms with Gasteiger partial charge in [0.05, 0.1) is 11.8 Å². The molecule has 2 aromatic carbocycles. The zero-order chi connectivity index (χ0) is 25.1. The van der Waals surface area contributed by atoms with Crippen molar-refractivity contribution in [3.05, 3.63) is 70.9 Å². The van der Waals surface area contributed by atoms with E-state index in [-0.39, 0.29) is 0 Å². The van der Waals surface area contributed by atoms with Gasteiger partial charge < -0.3 is 15.2 Å². The number of piperidine rings is 1. The minimum Gasteiger partial charge on any atom is -0.350 e. The van der Waals surface area contributed by atoms with Gasteiger partial charge in [-0.3, -0.25) is 0 Å². The maximum Gasteiger partial charge on any atom is 0.416 e. The molecule has 36 heavy (non-hydrogen) atoms. The molecule has 0 spiro atoms. The third-order valence-electron chi connectivity index (χ3n) is 6.55. The van der Waals surface area contributed by atoms with Crippen molar-refractivity contribution in [2.45, 2.75) is 38.5 Å². The van der Waals surface area contributed by atoms with Crippen LogP contribution in [0.4, 0.5) is 19.1 Å². The lowest BCUT2D eigenvalue weighted by molar-refractivity contribution is -0.137. The van der Waals surface area contributed by atoms with Crippen molar-refractivity contribution in [1.29, 1.82) is 0 Å².